The van der Waals surface area contributed by atoms with Crippen LogP contribution in [0, 0.1) is 13.8 Å². The number of fused-ring (bicyclic) bond motifs is 1. The van der Waals surface area contributed by atoms with Gasteiger partial charge >= 0.3 is 0 Å². The van der Waals surface area contributed by atoms with E-state index in [0.29, 0.717) is 34.8 Å². The largest absolute Gasteiger partial charge is 0.496 e. The molecule has 1 aliphatic heterocycles. The number of β-amino-alcohol motifs (C(OH)–C–C–N with tert-alkyl or cyclic N) is 1. The maximum atomic E-state index is 12.9. The summed E-state index contributed by atoms with van der Waals surface area (Å²) in [7, 11) is 3.06. The number of piperidine rings is 1. The van der Waals surface area contributed by atoms with Crippen LogP contribution in [0.4, 0.5) is 0 Å². The van der Waals surface area contributed by atoms with Gasteiger partial charge in [0.05, 0.1) is 14.2 Å². The van der Waals surface area contributed by atoms with Crippen LogP contribution in [0.5, 0.6) is 17.2 Å². The Morgan fingerprint density at radius 2 is 1.71 bits per heavy atom. The molecule has 1 unspecified atom stereocenters. The number of likely N-dealkylation sites (tertiary alicyclic amines) is 1. The molecule has 0 radical (unpaired) electrons. The van der Waals surface area contributed by atoms with Crippen LogP contribution in [0.1, 0.15) is 30.4 Å². The van der Waals surface area contributed by atoms with Gasteiger partial charge in [-0.25, -0.2) is 0 Å². The van der Waals surface area contributed by atoms with E-state index >= 15 is 0 Å². The molecule has 1 aliphatic rings. The highest BCUT2D eigenvalue weighted by atomic mass is 16.5. The summed E-state index contributed by atoms with van der Waals surface area (Å²) >= 11 is 0. The zero-order valence-electron chi connectivity index (χ0n) is 20.3. The van der Waals surface area contributed by atoms with Gasteiger partial charge in [-0.3, -0.25) is 4.79 Å². The normalized spacial score (nSPS) is 15.3. The number of hydrogen-bond acceptors (Lipinski definition) is 7. The molecule has 7 nitrogen and oxygen atoms in total. The van der Waals surface area contributed by atoms with Crippen LogP contribution in [0.15, 0.2) is 39.5 Å². The average molecular weight is 468 g/mol. The lowest BCUT2D eigenvalue weighted by molar-refractivity contribution is 0.0613. The number of aliphatic hydroxyl groups excluding tert-OH is 1. The van der Waals surface area contributed by atoms with Gasteiger partial charge in [0, 0.05) is 30.3 Å². The first kappa shape index (κ1) is 24.1. The van der Waals surface area contributed by atoms with Gasteiger partial charge in [-0.05, 0) is 63.0 Å². The van der Waals surface area contributed by atoms with Gasteiger partial charge in [0.25, 0.3) is 0 Å². The van der Waals surface area contributed by atoms with E-state index in [4.69, 9.17) is 18.6 Å². The number of nitrogens with zero attached hydrogens (tertiary/aromatic N) is 1. The molecule has 0 saturated carbocycles. The molecule has 2 aromatic carbocycles. The van der Waals surface area contributed by atoms with E-state index in [0.717, 1.165) is 35.5 Å². The standard InChI is InChI=1S/C27H33NO6/c1-17-10-19(11-18(2)27(17)33-16-20(29)15-28-8-6-5-7-9-28)23-14-22(30)26-24(32-4)12-21(31-3)13-25(26)34-23/h10-14,20,29H,5-9,15-16H2,1-4H3. The predicted octanol–water partition coefficient (Wildman–Crippen LogP) is 4.32. The quantitative estimate of drug-likeness (QED) is 0.528. The van der Waals surface area contributed by atoms with Crippen LogP contribution in [0.2, 0.25) is 0 Å². The van der Waals surface area contributed by atoms with E-state index in [9.17, 15) is 9.90 Å². The summed E-state index contributed by atoms with van der Waals surface area (Å²) < 4.78 is 22.8. The summed E-state index contributed by atoms with van der Waals surface area (Å²) in [5.41, 5.74) is 2.80. The minimum atomic E-state index is -0.542. The SMILES string of the molecule is COc1cc(OC)c2c(=O)cc(-c3cc(C)c(OCC(O)CN4CCCCC4)c(C)c3)oc2c1. The lowest BCUT2D eigenvalue weighted by Crippen LogP contribution is -2.38. The summed E-state index contributed by atoms with van der Waals surface area (Å²) in [4.78, 5) is 15.2. The van der Waals surface area contributed by atoms with Crippen molar-refractivity contribution in [3.63, 3.8) is 0 Å². The smallest absolute Gasteiger partial charge is 0.197 e. The molecule has 1 saturated heterocycles. The highest BCUT2D eigenvalue weighted by Crippen LogP contribution is 2.34. The molecule has 1 atom stereocenters. The Kier molecular flexibility index (Phi) is 7.44. The highest BCUT2D eigenvalue weighted by Gasteiger charge is 2.18. The van der Waals surface area contributed by atoms with Crippen LogP contribution in [0.3, 0.4) is 0 Å². The Balaban J connectivity index is 1.57. The molecule has 0 bridgehead atoms. The summed E-state index contributed by atoms with van der Waals surface area (Å²) in [6.45, 7) is 6.85. The predicted molar refractivity (Wildman–Crippen MR) is 132 cm³/mol. The van der Waals surface area contributed by atoms with Crippen molar-refractivity contribution in [2.45, 2.75) is 39.2 Å². The third kappa shape index (κ3) is 5.21. The van der Waals surface area contributed by atoms with Crippen molar-refractivity contribution in [2.24, 2.45) is 0 Å². The fraction of sp³-hybridized carbons (Fsp3) is 0.444. The van der Waals surface area contributed by atoms with Crippen LogP contribution >= 0.6 is 0 Å². The lowest BCUT2D eigenvalue weighted by atomic mass is 10.0. The third-order valence-electron chi connectivity index (χ3n) is 6.31. The molecule has 0 amide bonds. The molecular formula is C27H33NO6. The van der Waals surface area contributed by atoms with Gasteiger partial charge < -0.3 is 28.6 Å². The summed E-state index contributed by atoms with van der Waals surface area (Å²) in [5, 5.41) is 10.8. The molecule has 1 fully saturated rings. The number of aryl methyl sites for hydroxylation is 2. The fourth-order valence-electron chi connectivity index (χ4n) is 4.64. The molecule has 0 aliphatic carbocycles. The van der Waals surface area contributed by atoms with E-state index in [-0.39, 0.29) is 12.0 Å². The van der Waals surface area contributed by atoms with Crippen LogP contribution < -0.4 is 19.6 Å². The molecule has 34 heavy (non-hydrogen) atoms. The molecule has 1 N–H and O–H groups in total. The van der Waals surface area contributed by atoms with Crippen molar-refractivity contribution >= 4 is 11.0 Å². The minimum absolute atomic E-state index is 0.188. The first-order valence-electron chi connectivity index (χ1n) is 11.7. The minimum Gasteiger partial charge on any atom is -0.496 e. The van der Waals surface area contributed by atoms with Gasteiger partial charge in [-0.2, -0.15) is 0 Å². The number of ether oxygens (including phenoxy) is 3. The number of aliphatic hydroxyl groups is 1. The van der Waals surface area contributed by atoms with Gasteiger partial charge in [0.1, 0.15) is 46.7 Å². The Morgan fingerprint density at radius 1 is 1.00 bits per heavy atom. The van der Waals surface area contributed by atoms with Gasteiger partial charge in [-0.1, -0.05) is 6.42 Å². The van der Waals surface area contributed by atoms with Crippen molar-refractivity contribution in [3.05, 3.63) is 51.7 Å². The van der Waals surface area contributed by atoms with E-state index in [1.165, 1.54) is 32.4 Å². The van der Waals surface area contributed by atoms with E-state index in [2.05, 4.69) is 4.90 Å². The third-order valence-corrected chi connectivity index (χ3v) is 6.31. The maximum absolute atomic E-state index is 12.9. The van der Waals surface area contributed by atoms with E-state index in [1.807, 2.05) is 26.0 Å². The van der Waals surface area contributed by atoms with Gasteiger partial charge in [0.15, 0.2) is 5.43 Å². The number of rotatable bonds is 8. The number of hydrogen-bond donors (Lipinski definition) is 1. The lowest BCUT2D eigenvalue weighted by Gasteiger charge is -2.28. The molecule has 2 heterocycles. The van der Waals surface area contributed by atoms with E-state index < -0.39 is 6.10 Å². The monoisotopic (exact) mass is 467 g/mol. The van der Waals surface area contributed by atoms with Crippen molar-refractivity contribution in [2.75, 3.05) is 40.5 Å². The van der Waals surface area contributed by atoms with Crippen LogP contribution in [-0.4, -0.2) is 56.6 Å². The Labute approximate surface area is 199 Å². The fourth-order valence-corrected chi connectivity index (χ4v) is 4.64. The van der Waals surface area contributed by atoms with Crippen LogP contribution in [-0.2, 0) is 0 Å². The first-order valence-corrected chi connectivity index (χ1v) is 11.7. The molecule has 4 rings (SSSR count). The Morgan fingerprint density at radius 3 is 2.35 bits per heavy atom. The molecule has 182 valence electrons. The molecule has 1 aromatic heterocycles. The van der Waals surface area contributed by atoms with Gasteiger partial charge in [0.2, 0.25) is 0 Å². The summed E-state index contributed by atoms with van der Waals surface area (Å²) in [5.74, 6) is 2.15. The summed E-state index contributed by atoms with van der Waals surface area (Å²) in [6, 6.07) is 8.69. The molecule has 0 spiro atoms. The molecular weight excluding hydrogens is 434 g/mol. The zero-order valence-corrected chi connectivity index (χ0v) is 20.3. The van der Waals surface area contributed by atoms with Crippen LogP contribution in [0.25, 0.3) is 22.3 Å². The van der Waals surface area contributed by atoms with Crippen molar-refractivity contribution < 1.29 is 23.7 Å². The average Bonchev–Trinajstić information content (AvgIpc) is 2.83. The first-order chi connectivity index (χ1) is 16.4. The zero-order chi connectivity index (χ0) is 24.2. The summed E-state index contributed by atoms with van der Waals surface area (Å²) in [6.07, 6.45) is 3.11. The second kappa shape index (κ2) is 10.5. The van der Waals surface area contributed by atoms with Gasteiger partial charge in [-0.15, -0.1) is 0 Å². The number of benzene rings is 2. The van der Waals surface area contributed by atoms with Crippen molar-refractivity contribution in [3.8, 4) is 28.6 Å². The molecule has 7 heteroatoms. The number of methoxy groups -OCH3 is 2. The van der Waals surface area contributed by atoms with Crippen molar-refractivity contribution in [1.29, 1.82) is 0 Å². The molecule has 3 aromatic rings. The topological polar surface area (TPSA) is 81.4 Å². The Bertz CT molecular complexity index is 1190. The second-order valence-corrected chi connectivity index (χ2v) is 8.94. The maximum Gasteiger partial charge on any atom is 0.197 e. The Hall–Kier alpha value is -3.03. The van der Waals surface area contributed by atoms with E-state index in [1.54, 1.807) is 19.2 Å². The highest BCUT2D eigenvalue weighted by molar-refractivity contribution is 5.86. The second-order valence-electron chi connectivity index (χ2n) is 8.94. The van der Waals surface area contributed by atoms with Crippen molar-refractivity contribution in [1.82, 2.24) is 4.90 Å².